The molecule has 0 aromatic carbocycles. The molecule has 0 atom stereocenters. The van der Waals surface area contributed by atoms with Crippen LogP contribution in [0, 0.1) is 0 Å². The summed E-state index contributed by atoms with van der Waals surface area (Å²) in [5.41, 5.74) is 2.62. The van der Waals surface area contributed by atoms with Gasteiger partial charge in [-0.25, -0.2) is 0 Å². The van der Waals surface area contributed by atoms with Gasteiger partial charge in [0.15, 0.2) is 0 Å². The Bertz CT molecular complexity index is 265. The van der Waals surface area contributed by atoms with Crippen LogP contribution in [0.5, 0.6) is 0 Å². The molecule has 1 nitrogen and oxygen atoms in total. The summed E-state index contributed by atoms with van der Waals surface area (Å²) in [5, 5.41) is 0. The van der Waals surface area contributed by atoms with Crippen LogP contribution in [0.1, 0.15) is 72.1 Å². The van der Waals surface area contributed by atoms with Crippen LogP contribution in [-0.2, 0) is 4.74 Å². The van der Waals surface area contributed by atoms with E-state index in [4.69, 9.17) is 4.74 Å². The van der Waals surface area contributed by atoms with Crippen LogP contribution in [0.2, 0.25) is 0 Å². The Morgan fingerprint density at radius 3 is 2.24 bits per heavy atom. The van der Waals surface area contributed by atoms with E-state index < -0.39 is 0 Å². The van der Waals surface area contributed by atoms with Gasteiger partial charge < -0.3 is 4.74 Å². The van der Waals surface area contributed by atoms with Crippen LogP contribution in [0.15, 0.2) is 23.5 Å². The van der Waals surface area contributed by atoms with Crippen molar-refractivity contribution < 1.29 is 4.74 Å². The van der Waals surface area contributed by atoms with Crippen LogP contribution >= 0.6 is 0 Å². The summed E-state index contributed by atoms with van der Waals surface area (Å²) in [7, 11) is 0. The monoisotopic (exact) mass is 236 g/mol. The zero-order valence-electron chi connectivity index (χ0n) is 11.8. The second kappa shape index (κ2) is 7.58. The van der Waals surface area contributed by atoms with Crippen molar-refractivity contribution >= 4 is 0 Å². The first-order chi connectivity index (χ1) is 8.09. The van der Waals surface area contributed by atoms with E-state index in [0.717, 1.165) is 12.8 Å². The number of hydrogen-bond acceptors (Lipinski definition) is 1. The summed E-state index contributed by atoms with van der Waals surface area (Å²) in [4.78, 5) is 0. The topological polar surface area (TPSA) is 9.23 Å². The normalized spacial score (nSPS) is 16.6. The second-order valence-corrected chi connectivity index (χ2v) is 5.61. The van der Waals surface area contributed by atoms with Gasteiger partial charge in [0.25, 0.3) is 0 Å². The Balaban J connectivity index is 2.38. The Morgan fingerprint density at radius 2 is 1.71 bits per heavy atom. The maximum atomic E-state index is 6.18. The van der Waals surface area contributed by atoms with Gasteiger partial charge in [-0.3, -0.25) is 0 Å². The lowest BCUT2D eigenvalue weighted by Crippen LogP contribution is -2.16. The summed E-state index contributed by atoms with van der Waals surface area (Å²) in [6.45, 7) is 10.4. The third kappa shape index (κ3) is 5.95. The number of hydrogen-bond donors (Lipinski definition) is 0. The lowest BCUT2D eigenvalue weighted by atomic mass is 9.97. The van der Waals surface area contributed by atoms with E-state index >= 15 is 0 Å². The van der Waals surface area contributed by atoms with Crippen molar-refractivity contribution in [3.63, 3.8) is 0 Å². The molecular weight excluding hydrogens is 208 g/mol. The summed E-state index contributed by atoms with van der Waals surface area (Å²) in [6, 6.07) is 0. The first-order valence-corrected chi connectivity index (χ1v) is 7.07. The Hall–Kier alpha value is -0.720. The smallest absolute Gasteiger partial charge is 0.0982 e. The predicted octanol–water partition coefficient (Wildman–Crippen LogP) is 5.38. The molecule has 0 radical (unpaired) electrons. The molecule has 0 amide bonds. The van der Waals surface area contributed by atoms with Crippen molar-refractivity contribution in [1.82, 2.24) is 0 Å². The van der Waals surface area contributed by atoms with Crippen LogP contribution in [0.25, 0.3) is 0 Å². The molecule has 17 heavy (non-hydrogen) atoms. The zero-order chi connectivity index (χ0) is 12.7. The molecule has 0 saturated heterocycles. The molecule has 0 spiro atoms. The van der Waals surface area contributed by atoms with Crippen LogP contribution in [-0.4, -0.2) is 6.10 Å². The molecule has 1 heteroatoms. The van der Waals surface area contributed by atoms with E-state index in [9.17, 15) is 0 Å². The Kier molecular flexibility index (Phi) is 6.39. The van der Waals surface area contributed by atoms with E-state index in [0.29, 0.717) is 6.10 Å². The van der Waals surface area contributed by atoms with Crippen molar-refractivity contribution in [2.75, 3.05) is 0 Å². The summed E-state index contributed by atoms with van der Waals surface area (Å²) in [6.07, 6.45) is 10.4. The van der Waals surface area contributed by atoms with Gasteiger partial charge in [-0.05, 0) is 64.9 Å². The molecule has 0 unspecified atom stereocenters. The van der Waals surface area contributed by atoms with Gasteiger partial charge in [-0.15, -0.1) is 6.58 Å². The van der Waals surface area contributed by atoms with Crippen molar-refractivity contribution in [2.45, 2.75) is 78.2 Å². The van der Waals surface area contributed by atoms with Crippen molar-refractivity contribution in [3.8, 4) is 0 Å². The molecule has 0 N–H and O–H groups in total. The molecule has 0 heterocycles. The molecular formula is C16H28O. The molecule has 0 aromatic rings. The van der Waals surface area contributed by atoms with Crippen LogP contribution < -0.4 is 0 Å². The quantitative estimate of drug-likeness (QED) is 0.444. The molecule has 1 fully saturated rings. The average Bonchev–Trinajstić information content (AvgIpc) is 2.28. The van der Waals surface area contributed by atoms with E-state index in [1.165, 1.54) is 55.4 Å². The summed E-state index contributed by atoms with van der Waals surface area (Å²) >= 11 is 0. The van der Waals surface area contributed by atoms with Crippen LogP contribution in [0.4, 0.5) is 0 Å². The summed E-state index contributed by atoms with van der Waals surface area (Å²) < 4.78 is 6.18. The standard InChI is InChI=1S/C16H28O/c1-13(2)9-8-12-16(14(3)4)17-15-10-6-5-7-11-15/h15H,1,5-12H2,2-4H3. The number of ether oxygens (including phenoxy) is 1. The number of allylic oxidation sites excluding steroid dienone is 3. The van der Waals surface area contributed by atoms with Crippen LogP contribution in [0.3, 0.4) is 0 Å². The van der Waals surface area contributed by atoms with E-state index in [1.807, 2.05) is 0 Å². The molecule has 1 aliphatic carbocycles. The van der Waals surface area contributed by atoms with Gasteiger partial charge in [-0.1, -0.05) is 12.0 Å². The minimum Gasteiger partial charge on any atom is -0.495 e. The van der Waals surface area contributed by atoms with E-state index in [-0.39, 0.29) is 0 Å². The first kappa shape index (κ1) is 14.3. The lowest BCUT2D eigenvalue weighted by molar-refractivity contribution is 0.0745. The highest BCUT2D eigenvalue weighted by atomic mass is 16.5. The van der Waals surface area contributed by atoms with E-state index in [1.54, 1.807) is 0 Å². The summed E-state index contributed by atoms with van der Waals surface area (Å²) in [5.74, 6) is 1.23. The van der Waals surface area contributed by atoms with Gasteiger partial charge in [0, 0.05) is 6.42 Å². The molecule has 1 aliphatic rings. The minimum atomic E-state index is 0.485. The van der Waals surface area contributed by atoms with Gasteiger partial charge in [0.1, 0.15) is 0 Å². The highest BCUT2D eigenvalue weighted by Crippen LogP contribution is 2.25. The molecule has 1 saturated carbocycles. The first-order valence-electron chi connectivity index (χ1n) is 7.07. The SMILES string of the molecule is C=C(C)CCCC(OC1CCCCC1)=C(C)C. The maximum Gasteiger partial charge on any atom is 0.0982 e. The van der Waals surface area contributed by atoms with Crippen molar-refractivity contribution in [2.24, 2.45) is 0 Å². The fourth-order valence-corrected chi connectivity index (χ4v) is 2.36. The second-order valence-electron chi connectivity index (χ2n) is 5.61. The Morgan fingerprint density at radius 1 is 1.06 bits per heavy atom. The third-order valence-corrected chi connectivity index (χ3v) is 3.43. The fraction of sp³-hybridized carbons (Fsp3) is 0.750. The largest absolute Gasteiger partial charge is 0.495 e. The minimum absolute atomic E-state index is 0.485. The molecule has 0 aromatic heterocycles. The fourth-order valence-electron chi connectivity index (χ4n) is 2.36. The molecule has 0 bridgehead atoms. The Labute approximate surface area is 107 Å². The van der Waals surface area contributed by atoms with Crippen molar-refractivity contribution in [1.29, 1.82) is 0 Å². The highest BCUT2D eigenvalue weighted by Gasteiger charge is 2.16. The molecule has 1 rings (SSSR count). The van der Waals surface area contributed by atoms with E-state index in [2.05, 4.69) is 27.4 Å². The van der Waals surface area contributed by atoms with Gasteiger partial charge in [-0.2, -0.15) is 0 Å². The maximum absolute atomic E-state index is 6.18. The zero-order valence-corrected chi connectivity index (χ0v) is 11.8. The average molecular weight is 236 g/mol. The lowest BCUT2D eigenvalue weighted by Gasteiger charge is -2.25. The van der Waals surface area contributed by atoms with Crippen molar-refractivity contribution in [3.05, 3.63) is 23.5 Å². The third-order valence-electron chi connectivity index (χ3n) is 3.43. The molecule has 98 valence electrons. The highest BCUT2D eigenvalue weighted by molar-refractivity contribution is 5.04. The molecule has 0 aliphatic heterocycles. The predicted molar refractivity (Wildman–Crippen MR) is 75.0 cm³/mol. The number of rotatable bonds is 6. The van der Waals surface area contributed by atoms with Gasteiger partial charge >= 0.3 is 0 Å². The van der Waals surface area contributed by atoms with Gasteiger partial charge in [0.2, 0.25) is 0 Å². The van der Waals surface area contributed by atoms with Gasteiger partial charge in [0.05, 0.1) is 11.9 Å².